The summed E-state index contributed by atoms with van der Waals surface area (Å²) in [6, 6.07) is 11.3. The smallest absolute Gasteiger partial charge is 0.194 e. The molecular formula is C24H32N2O4S. The van der Waals surface area contributed by atoms with Gasteiger partial charge < -0.3 is 14.8 Å². The van der Waals surface area contributed by atoms with Crippen LogP contribution in [0.4, 0.5) is 0 Å². The lowest BCUT2D eigenvalue weighted by Crippen LogP contribution is -2.52. The highest BCUT2D eigenvalue weighted by molar-refractivity contribution is 7.92. The standard InChI is InChI=1S/C24H32N2O4S/c1-17-6-8-21(9-7-17)31(27,28)24(19-5-4-11-25-15-19)26-12-10-18-13-22(29-2)23(30-3)14-20(18)16-26/h6-9,13-14,19,24-25H,4-5,10-12,15-16H2,1-3H3. The van der Waals surface area contributed by atoms with Crippen molar-refractivity contribution in [1.29, 1.82) is 0 Å². The van der Waals surface area contributed by atoms with Crippen LogP contribution in [0.15, 0.2) is 41.3 Å². The SMILES string of the molecule is COc1cc2c(cc1OC)CN(C(C1CCCNC1)S(=O)(=O)c1ccc(C)cc1)CC2. The average Bonchev–Trinajstić information content (AvgIpc) is 2.79. The van der Waals surface area contributed by atoms with Crippen LogP contribution in [0.5, 0.6) is 11.5 Å². The molecule has 0 bridgehead atoms. The van der Waals surface area contributed by atoms with E-state index in [1.807, 2.05) is 31.2 Å². The zero-order valence-corrected chi connectivity index (χ0v) is 19.4. The molecular weight excluding hydrogens is 412 g/mol. The molecule has 2 aliphatic rings. The van der Waals surface area contributed by atoms with Crippen molar-refractivity contribution in [2.45, 2.75) is 43.0 Å². The first kappa shape index (κ1) is 22.1. The molecule has 0 saturated carbocycles. The number of piperidine rings is 1. The minimum absolute atomic E-state index is 0.0572. The third-order valence-electron chi connectivity index (χ3n) is 6.51. The van der Waals surface area contributed by atoms with E-state index < -0.39 is 15.2 Å². The Morgan fingerprint density at radius 3 is 2.35 bits per heavy atom. The van der Waals surface area contributed by atoms with Gasteiger partial charge in [0.15, 0.2) is 21.3 Å². The number of hydrogen-bond donors (Lipinski definition) is 1. The summed E-state index contributed by atoms with van der Waals surface area (Å²) in [5, 5.41) is 2.86. The number of hydrogen-bond acceptors (Lipinski definition) is 6. The van der Waals surface area contributed by atoms with Crippen LogP contribution in [0.2, 0.25) is 0 Å². The molecule has 168 valence electrons. The second kappa shape index (κ2) is 9.18. The zero-order valence-electron chi connectivity index (χ0n) is 18.6. The van der Waals surface area contributed by atoms with E-state index in [1.165, 1.54) is 5.56 Å². The summed E-state index contributed by atoms with van der Waals surface area (Å²) in [6.07, 6.45) is 2.70. The van der Waals surface area contributed by atoms with Crippen molar-refractivity contribution in [2.75, 3.05) is 33.9 Å². The van der Waals surface area contributed by atoms with Crippen LogP contribution in [0.1, 0.15) is 29.5 Å². The summed E-state index contributed by atoms with van der Waals surface area (Å²) in [6.45, 7) is 4.94. The van der Waals surface area contributed by atoms with Crippen molar-refractivity contribution in [3.63, 3.8) is 0 Å². The van der Waals surface area contributed by atoms with Gasteiger partial charge in [-0.15, -0.1) is 0 Å². The lowest BCUT2D eigenvalue weighted by molar-refractivity contribution is 0.161. The van der Waals surface area contributed by atoms with E-state index in [4.69, 9.17) is 9.47 Å². The summed E-state index contributed by atoms with van der Waals surface area (Å²) in [5.41, 5.74) is 3.36. The summed E-state index contributed by atoms with van der Waals surface area (Å²) >= 11 is 0. The molecule has 2 aromatic rings. The first-order valence-electron chi connectivity index (χ1n) is 10.9. The van der Waals surface area contributed by atoms with Crippen molar-refractivity contribution in [2.24, 2.45) is 5.92 Å². The van der Waals surface area contributed by atoms with Gasteiger partial charge in [-0.25, -0.2) is 8.42 Å². The van der Waals surface area contributed by atoms with Crippen molar-refractivity contribution in [3.05, 3.63) is 53.1 Å². The molecule has 1 N–H and O–H groups in total. The van der Waals surface area contributed by atoms with Gasteiger partial charge in [0.2, 0.25) is 0 Å². The molecule has 0 amide bonds. The van der Waals surface area contributed by atoms with Crippen LogP contribution in [0, 0.1) is 12.8 Å². The third kappa shape index (κ3) is 4.45. The number of sulfone groups is 1. The first-order valence-corrected chi connectivity index (χ1v) is 12.5. The van der Waals surface area contributed by atoms with E-state index in [0.717, 1.165) is 49.2 Å². The summed E-state index contributed by atoms with van der Waals surface area (Å²) in [5.74, 6) is 1.46. The number of nitrogens with zero attached hydrogens (tertiary/aromatic N) is 1. The fourth-order valence-electron chi connectivity index (χ4n) is 4.86. The molecule has 1 fully saturated rings. The fourth-order valence-corrected chi connectivity index (χ4v) is 6.97. The molecule has 4 rings (SSSR count). The molecule has 0 radical (unpaired) electrons. The van der Waals surface area contributed by atoms with Gasteiger partial charge in [0.05, 0.1) is 19.1 Å². The Hall–Kier alpha value is -2.09. The number of ether oxygens (including phenoxy) is 2. The molecule has 0 aromatic heterocycles. The van der Waals surface area contributed by atoms with Crippen LogP contribution in [-0.2, 0) is 22.8 Å². The largest absolute Gasteiger partial charge is 0.493 e. The highest BCUT2D eigenvalue weighted by atomic mass is 32.2. The molecule has 31 heavy (non-hydrogen) atoms. The highest BCUT2D eigenvalue weighted by Gasteiger charge is 2.41. The molecule has 0 spiro atoms. The van der Waals surface area contributed by atoms with E-state index >= 15 is 0 Å². The van der Waals surface area contributed by atoms with Gasteiger partial charge in [-0.2, -0.15) is 0 Å². The molecule has 6 nitrogen and oxygen atoms in total. The van der Waals surface area contributed by atoms with Gasteiger partial charge in [0.25, 0.3) is 0 Å². The molecule has 2 aliphatic heterocycles. The van der Waals surface area contributed by atoms with E-state index in [2.05, 4.69) is 10.2 Å². The minimum atomic E-state index is -3.52. The topological polar surface area (TPSA) is 67.9 Å². The number of methoxy groups -OCH3 is 2. The second-order valence-corrected chi connectivity index (χ2v) is 10.6. The van der Waals surface area contributed by atoms with E-state index in [0.29, 0.717) is 23.7 Å². The first-order chi connectivity index (χ1) is 14.9. The van der Waals surface area contributed by atoms with Crippen molar-refractivity contribution >= 4 is 9.84 Å². The van der Waals surface area contributed by atoms with E-state index in [-0.39, 0.29) is 5.92 Å². The van der Waals surface area contributed by atoms with Crippen LogP contribution >= 0.6 is 0 Å². The number of nitrogens with one attached hydrogen (secondary N) is 1. The number of aryl methyl sites for hydroxylation is 1. The van der Waals surface area contributed by atoms with Gasteiger partial charge in [-0.05, 0) is 68.1 Å². The molecule has 7 heteroatoms. The van der Waals surface area contributed by atoms with Gasteiger partial charge in [-0.3, -0.25) is 4.90 Å². The summed E-state index contributed by atoms with van der Waals surface area (Å²) in [7, 11) is -0.251. The number of benzene rings is 2. The number of rotatable bonds is 6. The Morgan fingerprint density at radius 1 is 1.06 bits per heavy atom. The molecule has 2 heterocycles. The minimum Gasteiger partial charge on any atom is -0.493 e. The van der Waals surface area contributed by atoms with Crippen molar-refractivity contribution < 1.29 is 17.9 Å². The third-order valence-corrected chi connectivity index (χ3v) is 8.76. The molecule has 2 aromatic carbocycles. The molecule has 1 saturated heterocycles. The van der Waals surface area contributed by atoms with Gasteiger partial charge in [0.1, 0.15) is 5.37 Å². The molecule has 2 unspecified atom stereocenters. The van der Waals surface area contributed by atoms with Crippen LogP contribution in [0.3, 0.4) is 0 Å². The molecule has 0 aliphatic carbocycles. The molecule has 2 atom stereocenters. The second-order valence-electron chi connectivity index (χ2n) is 8.55. The predicted molar refractivity (Wildman–Crippen MR) is 121 cm³/mol. The van der Waals surface area contributed by atoms with Crippen molar-refractivity contribution in [1.82, 2.24) is 10.2 Å². The lowest BCUT2D eigenvalue weighted by atomic mass is 9.95. The Bertz CT molecular complexity index is 1010. The Kier molecular flexibility index (Phi) is 6.55. The van der Waals surface area contributed by atoms with Crippen LogP contribution < -0.4 is 14.8 Å². The van der Waals surface area contributed by atoms with Gasteiger partial charge in [0, 0.05) is 25.6 Å². The Balaban J connectivity index is 1.70. The summed E-state index contributed by atoms with van der Waals surface area (Å²) < 4.78 is 38.7. The Morgan fingerprint density at radius 2 is 1.74 bits per heavy atom. The monoisotopic (exact) mass is 444 g/mol. The maximum Gasteiger partial charge on any atom is 0.194 e. The van der Waals surface area contributed by atoms with Crippen molar-refractivity contribution in [3.8, 4) is 11.5 Å². The van der Waals surface area contributed by atoms with Crippen LogP contribution in [-0.4, -0.2) is 52.5 Å². The quantitative estimate of drug-likeness (QED) is 0.738. The zero-order chi connectivity index (χ0) is 22.0. The normalized spacial score (nSPS) is 20.7. The number of fused-ring (bicyclic) bond motifs is 1. The van der Waals surface area contributed by atoms with Gasteiger partial charge in [-0.1, -0.05) is 17.7 Å². The maximum atomic E-state index is 13.9. The van der Waals surface area contributed by atoms with Crippen LogP contribution in [0.25, 0.3) is 0 Å². The van der Waals surface area contributed by atoms with E-state index in [9.17, 15) is 8.42 Å². The average molecular weight is 445 g/mol. The Labute approximate surface area is 185 Å². The fraction of sp³-hybridized carbons (Fsp3) is 0.500. The highest BCUT2D eigenvalue weighted by Crippen LogP contribution is 2.36. The van der Waals surface area contributed by atoms with Gasteiger partial charge >= 0.3 is 0 Å². The summed E-state index contributed by atoms with van der Waals surface area (Å²) in [4.78, 5) is 2.56. The van der Waals surface area contributed by atoms with E-state index in [1.54, 1.807) is 26.4 Å². The predicted octanol–water partition coefficient (Wildman–Crippen LogP) is 3.17. The maximum absolute atomic E-state index is 13.9. The lowest BCUT2D eigenvalue weighted by Gasteiger charge is -2.40.